The van der Waals surface area contributed by atoms with Crippen LogP contribution in [0.3, 0.4) is 0 Å². The molecule has 0 aliphatic carbocycles. The van der Waals surface area contributed by atoms with Crippen LogP contribution >= 0.6 is 0 Å². The Kier molecular flexibility index (Phi) is 7.84. The Balaban J connectivity index is 2.44. The molecular formula is C24H35NO. The van der Waals surface area contributed by atoms with E-state index in [1.165, 1.54) is 41.5 Å². The van der Waals surface area contributed by atoms with Crippen molar-refractivity contribution in [3.63, 3.8) is 0 Å². The third kappa shape index (κ3) is 5.67. The summed E-state index contributed by atoms with van der Waals surface area (Å²) in [5, 5.41) is 0. The van der Waals surface area contributed by atoms with Crippen LogP contribution in [0.5, 0.6) is 0 Å². The predicted octanol–water partition coefficient (Wildman–Crippen LogP) is 5.77. The summed E-state index contributed by atoms with van der Waals surface area (Å²) in [5.74, 6) is 0.625. The van der Waals surface area contributed by atoms with E-state index in [0.29, 0.717) is 5.92 Å². The number of hydrogen-bond donors (Lipinski definition) is 0. The minimum absolute atomic E-state index is 0.152. The van der Waals surface area contributed by atoms with Gasteiger partial charge in [0.25, 0.3) is 0 Å². The number of likely N-dealkylation sites (tertiary alicyclic amines) is 1. The van der Waals surface area contributed by atoms with E-state index in [0.717, 1.165) is 37.9 Å². The first-order valence-corrected chi connectivity index (χ1v) is 10.1. The van der Waals surface area contributed by atoms with E-state index in [-0.39, 0.29) is 5.78 Å². The Morgan fingerprint density at radius 1 is 1.23 bits per heavy atom. The van der Waals surface area contributed by atoms with Gasteiger partial charge >= 0.3 is 0 Å². The fourth-order valence-electron chi connectivity index (χ4n) is 3.85. The Hall–Kier alpha value is -1.67. The van der Waals surface area contributed by atoms with Crippen LogP contribution in [0.15, 0.2) is 30.9 Å². The molecule has 0 atom stereocenters. The Morgan fingerprint density at radius 3 is 2.50 bits per heavy atom. The van der Waals surface area contributed by atoms with Crippen molar-refractivity contribution in [3.05, 3.63) is 47.5 Å². The molecular weight excluding hydrogens is 318 g/mol. The second kappa shape index (κ2) is 9.87. The first-order chi connectivity index (χ1) is 12.4. The lowest BCUT2D eigenvalue weighted by molar-refractivity contribution is -0.112. The number of rotatable bonds is 8. The van der Waals surface area contributed by atoms with Crippen LogP contribution in [0.2, 0.25) is 0 Å². The summed E-state index contributed by atoms with van der Waals surface area (Å²) in [4.78, 5) is 14.4. The summed E-state index contributed by atoms with van der Waals surface area (Å²) in [6, 6.07) is 6.72. The zero-order valence-corrected chi connectivity index (χ0v) is 17.1. The van der Waals surface area contributed by atoms with E-state index in [9.17, 15) is 4.79 Å². The van der Waals surface area contributed by atoms with Crippen molar-refractivity contribution in [1.29, 1.82) is 0 Å². The lowest BCUT2D eigenvalue weighted by atomic mass is 9.81. The molecule has 0 spiro atoms. The van der Waals surface area contributed by atoms with Crippen LogP contribution in [0.25, 0.3) is 11.1 Å². The highest BCUT2D eigenvalue weighted by Crippen LogP contribution is 2.35. The second-order valence-electron chi connectivity index (χ2n) is 7.90. The number of hydrogen-bond acceptors (Lipinski definition) is 2. The quantitative estimate of drug-likeness (QED) is 0.437. The lowest BCUT2D eigenvalue weighted by Gasteiger charge is -2.31. The maximum atomic E-state index is 12.0. The minimum Gasteiger partial charge on any atom is -0.306 e. The number of unbranched alkanes of at least 4 members (excludes halogenated alkanes) is 2. The molecule has 0 saturated carbocycles. The Morgan fingerprint density at radius 2 is 1.92 bits per heavy atom. The topological polar surface area (TPSA) is 20.3 Å². The van der Waals surface area contributed by atoms with Crippen molar-refractivity contribution >= 4 is 16.9 Å². The molecule has 0 unspecified atom stereocenters. The van der Waals surface area contributed by atoms with Crippen molar-refractivity contribution in [2.45, 2.75) is 59.3 Å². The molecule has 0 amide bonds. The summed E-state index contributed by atoms with van der Waals surface area (Å²) in [6.07, 6.45) is 8.92. The summed E-state index contributed by atoms with van der Waals surface area (Å²) in [6.45, 7) is 12.3. The van der Waals surface area contributed by atoms with Crippen LogP contribution < -0.4 is 0 Å². The van der Waals surface area contributed by atoms with Gasteiger partial charge in [0, 0.05) is 0 Å². The molecule has 1 aliphatic rings. The van der Waals surface area contributed by atoms with Gasteiger partial charge < -0.3 is 4.90 Å². The average Bonchev–Trinajstić information content (AvgIpc) is 2.61. The molecule has 1 saturated heterocycles. The normalized spacial score (nSPS) is 16.7. The number of carbonyl (C=O) groups is 1. The SMILES string of the molecule is C=C(C)c1ccc(CCCCC)c(/C(=C\C(C)=O)C2CCN(C)CC2)c1. The van der Waals surface area contributed by atoms with Crippen molar-refractivity contribution in [2.75, 3.05) is 20.1 Å². The van der Waals surface area contributed by atoms with Gasteiger partial charge in [-0.15, -0.1) is 0 Å². The van der Waals surface area contributed by atoms with Crippen molar-refractivity contribution in [1.82, 2.24) is 4.90 Å². The zero-order valence-electron chi connectivity index (χ0n) is 17.1. The average molecular weight is 354 g/mol. The smallest absolute Gasteiger partial charge is 0.152 e. The van der Waals surface area contributed by atoms with Gasteiger partial charge in [-0.3, -0.25) is 4.79 Å². The van der Waals surface area contributed by atoms with Crippen LogP contribution in [0.1, 0.15) is 69.6 Å². The summed E-state index contributed by atoms with van der Waals surface area (Å²) >= 11 is 0. The van der Waals surface area contributed by atoms with Gasteiger partial charge in [0.1, 0.15) is 0 Å². The molecule has 1 aromatic rings. The standard InChI is InChI=1S/C24H35NO/c1-6-7-8-9-20-10-11-22(18(2)3)17-24(20)23(16-19(4)26)21-12-14-25(5)15-13-21/h10-11,16-17,21H,2,6-9,12-15H2,1,3-5H3/b23-16-. The van der Waals surface area contributed by atoms with Crippen molar-refractivity contribution in [2.24, 2.45) is 5.92 Å². The number of ketones is 1. The molecule has 0 radical (unpaired) electrons. The van der Waals surface area contributed by atoms with Gasteiger partial charge in [-0.05, 0) is 100.0 Å². The Labute approximate surface area is 160 Å². The van der Waals surface area contributed by atoms with E-state index < -0.39 is 0 Å². The highest BCUT2D eigenvalue weighted by Gasteiger charge is 2.23. The second-order valence-corrected chi connectivity index (χ2v) is 7.90. The van der Waals surface area contributed by atoms with Gasteiger partial charge in [0.2, 0.25) is 0 Å². The molecule has 1 fully saturated rings. The molecule has 2 heteroatoms. The van der Waals surface area contributed by atoms with Crippen LogP contribution in [0, 0.1) is 5.92 Å². The number of aryl methyl sites for hydroxylation is 1. The number of nitrogens with zero attached hydrogens (tertiary/aromatic N) is 1. The predicted molar refractivity (Wildman–Crippen MR) is 113 cm³/mol. The molecule has 26 heavy (non-hydrogen) atoms. The number of allylic oxidation sites excluding steroid dienone is 3. The summed E-state index contributed by atoms with van der Waals surface area (Å²) < 4.78 is 0. The highest BCUT2D eigenvalue weighted by molar-refractivity contribution is 5.96. The van der Waals surface area contributed by atoms with Crippen molar-refractivity contribution < 1.29 is 4.79 Å². The third-order valence-electron chi connectivity index (χ3n) is 5.48. The summed E-state index contributed by atoms with van der Waals surface area (Å²) in [7, 11) is 2.18. The molecule has 1 aliphatic heterocycles. The van der Waals surface area contributed by atoms with Gasteiger partial charge in [-0.2, -0.15) is 0 Å². The van der Waals surface area contributed by atoms with Gasteiger partial charge in [0.15, 0.2) is 5.78 Å². The maximum absolute atomic E-state index is 12.0. The number of piperidine rings is 1. The zero-order chi connectivity index (χ0) is 19.1. The van der Waals surface area contributed by atoms with E-state index in [1.807, 2.05) is 6.08 Å². The fourth-order valence-corrected chi connectivity index (χ4v) is 3.85. The first-order valence-electron chi connectivity index (χ1n) is 10.1. The first kappa shape index (κ1) is 20.6. The van der Waals surface area contributed by atoms with Gasteiger partial charge in [-0.25, -0.2) is 0 Å². The summed E-state index contributed by atoms with van der Waals surface area (Å²) in [5.41, 5.74) is 6.18. The molecule has 0 bridgehead atoms. The third-order valence-corrected chi connectivity index (χ3v) is 5.48. The largest absolute Gasteiger partial charge is 0.306 e. The molecule has 1 aromatic carbocycles. The highest BCUT2D eigenvalue weighted by atomic mass is 16.1. The Bertz CT molecular complexity index is 663. The molecule has 2 nitrogen and oxygen atoms in total. The maximum Gasteiger partial charge on any atom is 0.152 e. The number of benzene rings is 1. The molecule has 142 valence electrons. The van der Waals surface area contributed by atoms with Crippen LogP contribution in [-0.2, 0) is 11.2 Å². The molecule has 0 N–H and O–H groups in total. The van der Waals surface area contributed by atoms with Crippen LogP contribution in [0.4, 0.5) is 0 Å². The number of carbonyl (C=O) groups excluding carboxylic acids is 1. The minimum atomic E-state index is 0.152. The monoisotopic (exact) mass is 353 g/mol. The molecule has 2 rings (SSSR count). The van der Waals surface area contributed by atoms with Crippen LogP contribution in [-0.4, -0.2) is 30.8 Å². The van der Waals surface area contributed by atoms with E-state index in [1.54, 1.807) is 6.92 Å². The van der Waals surface area contributed by atoms with Gasteiger partial charge in [0.05, 0.1) is 0 Å². The van der Waals surface area contributed by atoms with E-state index >= 15 is 0 Å². The van der Waals surface area contributed by atoms with Crippen molar-refractivity contribution in [3.8, 4) is 0 Å². The van der Waals surface area contributed by atoms with E-state index in [2.05, 4.69) is 50.6 Å². The van der Waals surface area contributed by atoms with E-state index in [4.69, 9.17) is 0 Å². The molecule has 0 aromatic heterocycles. The molecule has 1 heterocycles. The van der Waals surface area contributed by atoms with Gasteiger partial charge in [-0.1, -0.05) is 44.1 Å². The fraction of sp³-hybridized carbons (Fsp3) is 0.542. The lowest BCUT2D eigenvalue weighted by Crippen LogP contribution is -2.30.